The van der Waals surface area contributed by atoms with Crippen molar-refractivity contribution in [2.45, 2.75) is 74.0 Å². The Labute approximate surface area is 603 Å². The van der Waals surface area contributed by atoms with E-state index < -0.39 is 230 Å². The summed E-state index contributed by atoms with van der Waals surface area (Å²) >= 11 is 0. The van der Waals surface area contributed by atoms with Crippen LogP contribution in [-0.2, 0) is 95.9 Å². The number of rotatable bonds is 12. The van der Waals surface area contributed by atoms with Gasteiger partial charge in [-0.1, -0.05) is 96.1 Å². The van der Waals surface area contributed by atoms with E-state index in [1.807, 2.05) is 97.1 Å². The molecule has 0 atom stereocenters. The van der Waals surface area contributed by atoms with Gasteiger partial charge in [-0.3, -0.25) is 19.9 Å². The van der Waals surface area contributed by atoms with Crippen molar-refractivity contribution in [2.75, 3.05) is 0 Å². The van der Waals surface area contributed by atoms with Gasteiger partial charge in [-0.2, -0.15) is 172 Å². The molecule has 0 aliphatic carbocycles. The number of hydrogen-bond donors (Lipinski definition) is 0. The van der Waals surface area contributed by atoms with Gasteiger partial charge in [0, 0.05) is 24.8 Å². The van der Waals surface area contributed by atoms with Crippen molar-refractivity contribution in [2.24, 2.45) is 0 Å². The van der Waals surface area contributed by atoms with E-state index in [2.05, 4.69) is 19.9 Å². The van der Waals surface area contributed by atoms with Crippen molar-refractivity contribution >= 4 is 28.0 Å². The predicted octanol–water partition coefficient (Wildman–Crippen LogP) is 20.3. The second-order valence-corrected chi connectivity index (χ2v) is 22.2. The average molecular weight is 1650 g/mol. The van der Waals surface area contributed by atoms with Gasteiger partial charge in [0.2, 0.25) is 0 Å². The Morgan fingerprint density at radius 3 is 0.589 bits per heavy atom. The summed E-state index contributed by atoms with van der Waals surface area (Å²) in [6, 6.07) is 24.5. The van der Waals surface area contributed by atoms with Crippen LogP contribution in [0.25, 0.3) is 0 Å². The second kappa shape index (κ2) is 32.5. The van der Waals surface area contributed by atoms with Gasteiger partial charge in [0.15, 0.2) is 23.7 Å². The maximum Gasteiger partial charge on any atom is 1.00 e. The molecular formula is C68H37BCu2F30N4O2. The van der Waals surface area contributed by atoms with Gasteiger partial charge < -0.3 is 9.47 Å². The maximum absolute atomic E-state index is 14.2. The Morgan fingerprint density at radius 1 is 0.243 bits per heavy atom. The summed E-state index contributed by atoms with van der Waals surface area (Å²) in [5.74, 6) is 1.14. The molecule has 107 heavy (non-hydrogen) atoms. The third kappa shape index (κ3) is 21.7. The second-order valence-electron chi connectivity index (χ2n) is 22.2. The van der Waals surface area contributed by atoms with E-state index in [-0.39, 0.29) is 40.2 Å². The fourth-order valence-corrected chi connectivity index (χ4v) is 10.4. The zero-order valence-electron chi connectivity index (χ0n) is 52.0. The average Bonchev–Trinajstić information content (AvgIpc) is 0.707. The number of nitrogens with zero attached hydrogens (tertiary/aromatic N) is 4. The summed E-state index contributed by atoms with van der Waals surface area (Å²) in [5.41, 5.74) is -29.9. The molecule has 0 fully saturated rings. The molecule has 10 rings (SSSR count). The van der Waals surface area contributed by atoms with Crippen LogP contribution in [0.5, 0.6) is 11.5 Å². The van der Waals surface area contributed by atoms with Crippen LogP contribution in [-0.4, -0.2) is 26.1 Å². The Hall–Kier alpha value is -9.48. The van der Waals surface area contributed by atoms with Crippen LogP contribution in [0.3, 0.4) is 0 Å². The van der Waals surface area contributed by atoms with Crippen molar-refractivity contribution in [3.63, 3.8) is 0 Å². The first-order chi connectivity index (χ1) is 48.4. The molecule has 39 heteroatoms. The molecule has 0 saturated heterocycles. The van der Waals surface area contributed by atoms with Gasteiger partial charge in [0.1, 0.15) is 6.15 Å². The van der Waals surface area contributed by atoms with E-state index in [0.29, 0.717) is 23.6 Å². The fourth-order valence-electron chi connectivity index (χ4n) is 10.4. The largest absolute Gasteiger partial charge is 1.00 e. The first-order valence-corrected chi connectivity index (χ1v) is 28.9. The third-order valence-electron chi connectivity index (χ3n) is 15.0. The third-order valence-corrected chi connectivity index (χ3v) is 15.0. The predicted molar refractivity (Wildman–Crippen MR) is 314 cm³/mol. The molecular weight excluding hydrogens is 1610 g/mol. The van der Waals surface area contributed by atoms with Gasteiger partial charge >= 0.3 is 95.9 Å². The number of benzene rings is 6. The van der Waals surface area contributed by atoms with Crippen LogP contribution < -0.4 is 31.3 Å². The Kier molecular flexibility index (Phi) is 26.3. The molecule has 10 aromatic rings. The SMILES string of the molecule is FC(F)(F)c1c[c-]cc(C(F)(F)F)c1.FC(F)(F)c1cc([B-](c2cc(C(F)(F)F)cc(C(F)(F)F)c2)(c2cc(C(F)(F)F)cc(C(F)(F)F)c2)c2cc(C(F)(F)F)cc(C(F)(F)F)c2)cc(C(F)(F)F)c1.[Cu+].[Cu+].c1ccc(C(Oc2ccccc2OC(c2ccccn2)c2ccccn2)c2ccccn2)nc1. The molecule has 576 valence electrons. The first kappa shape index (κ1) is 86.4. The number of halogens is 30. The molecule has 0 bridgehead atoms. The molecule has 0 saturated carbocycles. The van der Waals surface area contributed by atoms with Gasteiger partial charge in [0.05, 0.1) is 67.3 Å². The van der Waals surface area contributed by atoms with Crippen LogP contribution in [0.4, 0.5) is 132 Å². The monoisotopic (exact) mass is 1650 g/mol. The number of aromatic nitrogens is 4. The van der Waals surface area contributed by atoms with Crippen LogP contribution >= 0.6 is 0 Å². The van der Waals surface area contributed by atoms with E-state index in [9.17, 15) is 132 Å². The van der Waals surface area contributed by atoms with Crippen molar-refractivity contribution in [1.82, 2.24) is 19.9 Å². The van der Waals surface area contributed by atoms with E-state index in [1.54, 1.807) is 30.9 Å². The molecule has 0 amide bonds. The molecule has 0 aliphatic heterocycles. The summed E-state index contributed by atoms with van der Waals surface area (Å²) in [7, 11) is 0. The van der Waals surface area contributed by atoms with Crippen molar-refractivity contribution in [3.05, 3.63) is 297 Å². The fraction of sp³-hybridized carbons (Fsp3) is 0.176. The standard InChI is InChI=1S/C32H12BF24.C28H22N4O2.C8H3F6.2Cu/c34-25(35,36)13-1-14(26(37,38)39)6-21(5-13)33(22-7-15(27(40,41)42)2-16(8-22)28(43,44)45,23-9-17(29(46,47)48)3-18(10-23)30(49,50)51)24-11-19(31(52,53)54)4-20(12-24)32(55,56)57;1-2-16-26(34-28(23-13-5-9-19-31-23)24-14-6-10-20-32-24)25(15-1)33-27(21-11-3-7-17-29-21)22-12-4-8-18-30-22;9-7(10,11)5-2-1-3-6(4-5)8(12,13)14;;/h1-12H;1-20,27-28H;2-4H;;/q-1;;-1;2*+1. The van der Waals surface area contributed by atoms with Crippen molar-refractivity contribution < 1.29 is 175 Å². The molecule has 4 aromatic heterocycles. The molecule has 0 radical (unpaired) electrons. The van der Waals surface area contributed by atoms with E-state index in [4.69, 9.17) is 9.47 Å². The number of para-hydroxylation sites is 2. The Morgan fingerprint density at radius 2 is 0.421 bits per heavy atom. The van der Waals surface area contributed by atoms with E-state index in [1.165, 1.54) is 0 Å². The minimum absolute atomic E-state index is 0. The number of pyridine rings is 4. The minimum atomic E-state index is -6.13. The van der Waals surface area contributed by atoms with Gasteiger partial charge in [-0.05, 0) is 84.9 Å². The molecule has 0 N–H and O–H groups in total. The van der Waals surface area contributed by atoms with E-state index >= 15 is 0 Å². The zero-order chi connectivity index (χ0) is 77.9. The van der Waals surface area contributed by atoms with Crippen molar-refractivity contribution in [1.29, 1.82) is 0 Å². The summed E-state index contributed by atoms with van der Waals surface area (Å²) in [4.78, 5) is 18.0. The summed E-state index contributed by atoms with van der Waals surface area (Å²) in [6.07, 6.45) is -58.4. The topological polar surface area (TPSA) is 70.0 Å². The first-order valence-electron chi connectivity index (χ1n) is 28.9. The van der Waals surface area contributed by atoms with Gasteiger partial charge in [0.25, 0.3) is 0 Å². The number of hydrogen-bond acceptors (Lipinski definition) is 6. The molecule has 6 aromatic carbocycles. The number of alkyl halides is 30. The van der Waals surface area contributed by atoms with Crippen LogP contribution in [0.15, 0.2) is 213 Å². The minimum Gasteiger partial charge on any atom is -0.474 e. The smallest absolute Gasteiger partial charge is 0.474 e. The van der Waals surface area contributed by atoms with Crippen molar-refractivity contribution in [3.8, 4) is 11.5 Å². The molecule has 0 unspecified atom stereocenters. The van der Waals surface area contributed by atoms with Crippen LogP contribution in [0.2, 0.25) is 0 Å². The summed E-state index contributed by atoms with van der Waals surface area (Å²) < 4.78 is 426. The zero-order valence-corrected chi connectivity index (χ0v) is 53.9. The van der Waals surface area contributed by atoms with E-state index in [0.717, 1.165) is 22.8 Å². The summed E-state index contributed by atoms with van der Waals surface area (Å²) in [6.45, 7) is 0. The van der Waals surface area contributed by atoms with Gasteiger partial charge in [-0.25, -0.2) is 0 Å². The van der Waals surface area contributed by atoms with Crippen LogP contribution in [0, 0.1) is 6.07 Å². The Bertz CT molecular complexity index is 3960. The molecule has 6 nitrogen and oxygen atoms in total. The quantitative estimate of drug-likeness (QED) is 0.0690. The normalized spacial score (nSPS) is 12.8. The number of ether oxygens (including phenoxy) is 2. The van der Waals surface area contributed by atoms with Crippen LogP contribution in [0.1, 0.15) is 90.6 Å². The summed E-state index contributed by atoms with van der Waals surface area (Å²) in [5, 5.41) is 0. The maximum atomic E-state index is 14.2. The molecule has 4 heterocycles. The molecule has 0 aliphatic rings. The van der Waals surface area contributed by atoms with Gasteiger partial charge in [-0.15, -0.1) is 6.07 Å². The molecule has 0 spiro atoms. The Balaban J connectivity index is 0.000000299.